The van der Waals surface area contributed by atoms with Crippen LogP contribution in [0.2, 0.25) is 0 Å². The van der Waals surface area contributed by atoms with Crippen LogP contribution in [0.4, 0.5) is 5.13 Å². The van der Waals surface area contributed by atoms with Gasteiger partial charge in [-0.3, -0.25) is 24.6 Å². The molecule has 134 valence electrons. The van der Waals surface area contributed by atoms with Crippen LogP contribution in [0, 0.1) is 0 Å². The number of benzene rings is 2. The number of amides is 3. The Bertz CT molecular complexity index is 1030. The molecule has 1 aliphatic rings. The maximum atomic E-state index is 12.9. The Hall–Kier alpha value is -3.32. The van der Waals surface area contributed by atoms with Gasteiger partial charge in [-0.25, -0.2) is 4.98 Å². The topological polar surface area (TPSA) is 79.4 Å². The predicted octanol–water partition coefficient (Wildman–Crippen LogP) is 3.75. The number of imide groups is 1. The zero-order chi connectivity index (χ0) is 19.0. The van der Waals surface area contributed by atoms with Crippen molar-refractivity contribution in [2.45, 2.75) is 13.0 Å². The van der Waals surface area contributed by atoms with Crippen molar-refractivity contribution < 1.29 is 14.4 Å². The molecule has 6 nitrogen and oxygen atoms in total. The highest BCUT2D eigenvalue weighted by Crippen LogP contribution is 2.31. The number of rotatable bonds is 4. The van der Waals surface area contributed by atoms with Gasteiger partial charge in [0.15, 0.2) is 5.13 Å². The zero-order valence-electron chi connectivity index (χ0n) is 14.4. The second-order valence-corrected chi connectivity index (χ2v) is 7.01. The molecule has 4 rings (SSSR count). The molecule has 3 amide bonds. The standard InChI is InChI=1S/C20H15N3O3S/c1-12(13-5-3-2-4-6-13)23-18(25)15-8-7-14(11-16(15)19(23)26)17(24)22-20-21-9-10-27-20/h2-12H,1H3,(H,21,22,24)/t12-/m1/s1. The summed E-state index contributed by atoms with van der Waals surface area (Å²) < 4.78 is 0. The van der Waals surface area contributed by atoms with Gasteiger partial charge in [-0.15, -0.1) is 11.3 Å². The van der Waals surface area contributed by atoms with Gasteiger partial charge < -0.3 is 0 Å². The monoisotopic (exact) mass is 377 g/mol. The fourth-order valence-electron chi connectivity index (χ4n) is 3.09. The van der Waals surface area contributed by atoms with Crippen molar-refractivity contribution in [2.24, 2.45) is 0 Å². The summed E-state index contributed by atoms with van der Waals surface area (Å²) in [4.78, 5) is 43.3. The molecule has 2 heterocycles. The lowest BCUT2D eigenvalue weighted by Crippen LogP contribution is -2.32. The van der Waals surface area contributed by atoms with Crippen molar-refractivity contribution in [2.75, 3.05) is 5.32 Å². The Kier molecular flexibility index (Phi) is 4.29. The first kappa shape index (κ1) is 17.1. The highest BCUT2D eigenvalue weighted by Gasteiger charge is 2.39. The summed E-state index contributed by atoms with van der Waals surface area (Å²) in [5.41, 5.74) is 1.73. The number of aromatic nitrogens is 1. The molecule has 0 bridgehead atoms. The molecular weight excluding hydrogens is 362 g/mol. The third kappa shape index (κ3) is 3.02. The summed E-state index contributed by atoms with van der Waals surface area (Å²) in [5.74, 6) is -1.11. The summed E-state index contributed by atoms with van der Waals surface area (Å²) in [6.45, 7) is 1.81. The minimum atomic E-state index is -0.397. The van der Waals surface area contributed by atoms with Gasteiger partial charge in [-0.1, -0.05) is 30.3 Å². The van der Waals surface area contributed by atoms with E-state index in [2.05, 4.69) is 10.3 Å². The normalized spacial score (nSPS) is 14.2. The number of hydrogen-bond acceptors (Lipinski definition) is 5. The molecule has 0 spiro atoms. The smallest absolute Gasteiger partial charge is 0.262 e. The van der Waals surface area contributed by atoms with Gasteiger partial charge in [0.25, 0.3) is 17.7 Å². The second kappa shape index (κ2) is 6.77. The third-order valence-corrected chi connectivity index (χ3v) is 5.19. The third-order valence-electron chi connectivity index (χ3n) is 4.50. The summed E-state index contributed by atoms with van der Waals surface area (Å²) in [6.07, 6.45) is 1.59. The molecule has 0 aliphatic carbocycles. The first-order chi connectivity index (χ1) is 13.1. The van der Waals surface area contributed by atoms with Crippen LogP contribution in [0.25, 0.3) is 0 Å². The SMILES string of the molecule is C[C@H](c1ccccc1)N1C(=O)c2ccc(C(=O)Nc3nccs3)cc2C1=O. The van der Waals surface area contributed by atoms with Crippen LogP contribution in [0.5, 0.6) is 0 Å². The zero-order valence-corrected chi connectivity index (χ0v) is 15.2. The maximum Gasteiger partial charge on any atom is 0.262 e. The average Bonchev–Trinajstić information content (AvgIpc) is 3.28. The number of thiazole rings is 1. The van der Waals surface area contributed by atoms with Crippen molar-refractivity contribution in [3.63, 3.8) is 0 Å². The molecule has 1 aromatic heterocycles. The fraction of sp³-hybridized carbons (Fsp3) is 0.100. The molecule has 0 radical (unpaired) electrons. The molecule has 1 atom stereocenters. The Balaban J connectivity index is 1.63. The van der Waals surface area contributed by atoms with Gasteiger partial charge in [0.1, 0.15) is 0 Å². The summed E-state index contributed by atoms with van der Waals surface area (Å²) >= 11 is 1.30. The summed E-state index contributed by atoms with van der Waals surface area (Å²) in [5, 5.41) is 4.90. The van der Waals surface area contributed by atoms with Crippen molar-refractivity contribution in [1.29, 1.82) is 0 Å². The van der Waals surface area contributed by atoms with E-state index in [0.29, 0.717) is 16.3 Å². The van der Waals surface area contributed by atoms with Crippen LogP contribution in [0.3, 0.4) is 0 Å². The van der Waals surface area contributed by atoms with E-state index in [1.165, 1.54) is 28.4 Å². The number of nitrogens with zero attached hydrogens (tertiary/aromatic N) is 2. The van der Waals surface area contributed by atoms with Crippen LogP contribution in [0.15, 0.2) is 60.1 Å². The van der Waals surface area contributed by atoms with Crippen LogP contribution >= 0.6 is 11.3 Å². The molecule has 7 heteroatoms. The number of carbonyl (C=O) groups is 3. The molecule has 2 aromatic carbocycles. The van der Waals surface area contributed by atoms with E-state index >= 15 is 0 Å². The fourth-order valence-corrected chi connectivity index (χ4v) is 3.61. The molecule has 1 aliphatic heterocycles. The molecule has 0 saturated heterocycles. The Morgan fingerprint density at radius 1 is 1.07 bits per heavy atom. The van der Waals surface area contributed by atoms with Gasteiger partial charge in [0.2, 0.25) is 0 Å². The van der Waals surface area contributed by atoms with Crippen LogP contribution < -0.4 is 5.32 Å². The van der Waals surface area contributed by atoms with Crippen molar-refractivity contribution >= 4 is 34.2 Å². The van der Waals surface area contributed by atoms with E-state index in [4.69, 9.17) is 0 Å². The molecule has 0 fully saturated rings. The molecule has 1 N–H and O–H groups in total. The van der Waals surface area contributed by atoms with E-state index in [9.17, 15) is 14.4 Å². The molecule has 0 unspecified atom stereocenters. The van der Waals surface area contributed by atoms with Crippen molar-refractivity contribution in [3.05, 3.63) is 82.4 Å². The van der Waals surface area contributed by atoms with Crippen LogP contribution in [0.1, 0.15) is 49.6 Å². The molecule has 27 heavy (non-hydrogen) atoms. The molecule has 0 saturated carbocycles. The Morgan fingerprint density at radius 2 is 1.81 bits per heavy atom. The number of fused-ring (bicyclic) bond motifs is 1. The Labute approximate surface area is 159 Å². The summed E-state index contributed by atoms with van der Waals surface area (Å²) in [6, 6.07) is 13.5. The number of nitrogens with one attached hydrogen (secondary N) is 1. The van der Waals surface area contributed by atoms with E-state index < -0.39 is 11.9 Å². The van der Waals surface area contributed by atoms with Crippen molar-refractivity contribution in [3.8, 4) is 0 Å². The highest BCUT2D eigenvalue weighted by molar-refractivity contribution is 7.13. The molecular formula is C20H15N3O3S. The maximum absolute atomic E-state index is 12.9. The predicted molar refractivity (Wildman–Crippen MR) is 102 cm³/mol. The quantitative estimate of drug-likeness (QED) is 0.702. The lowest BCUT2D eigenvalue weighted by atomic mass is 10.1. The van der Waals surface area contributed by atoms with Gasteiger partial charge in [0, 0.05) is 17.1 Å². The van der Waals surface area contributed by atoms with E-state index in [1.54, 1.807) is 17.6 Å². The average molecular weight is 377 g/mol. The minimum absolute atomic E-state index is 0.245. The number of hydrogen-bond donors (Lipinski definition) is 1. The van der Waals surface area contributed by atoms with E-state index in [1.807, 2.05) is 37.3 Å². The summed E-state index contributed by atoms with van der Waals surface area (Å²) in [7, 11) is 0. The first-order valence-electron chi connectivity index (χ1n) is 8.34. The van der Waals surface area contributed by atoms with Gasteiger partial charge in [0.05, 0.1) is 17.2 Å². The van der Waals surface area contributed by atoms with Crippen LogP contribution in [-0.4, -0.2) is 27.6 Å². The van der Waals surface area contributed by atoms with Crippen LogP contribution in [-0.2, 0) is 0 Å². The van der Waals surface area contributed by atoms with Gasteiger partial charge in [-0.2, -0.15) is 0 Å². The minimum Gasteiger partial charge on any atom is -0.298 e. The largest absolute Gasteiger partial charge is 0.298 e. The highest BCUT2D eigenvalue weighted by atomic mass is 32.1. The first-order valence-corrected chi connectivity index (χ1v) is 9.22. The van der Waals surface area contributed by atoms with Gasteiger partial charge >= 0.3 is 0 Å². The van der Waals surface area contributed by atoms with Gasteiger partial charge in [-0.05, 0) is 30.7 Å². The Morgan fingerprint density at radius 3 is 2.52 bits per heavy atom. The molecule has 3 aromatic rings. The second-order valence-electron chi connectivity index (χ2n) is 6.12. The lowest BCUT2D eigenvalue weighted by molar-refractivity contribution is 0.0595. The van der Waals surface area contributed by atoms with E-state index in [0.717, 1.165) is 5.56 Å². The number of carbonyl (C=O) groups excluding carboxylic acids is 3. The lowest BCUT2D eigenvalue weighted by Gasteiger charge is -2.22. The number of anilines is 1. The van der Waals surface area contributed by atoms with Crippen molar-refractivity contribution in [1.82, 2.24) is 9.88 Å². The van der Waals surface area contributed by atoms with E-state index in [-0.39, 0.29) is 17.4 Å².